The number of ether oxygens (including phenoxy) is 2. The first-order chi connectivity index (χ1) is 12.8. The van der Waals surface area contributed by atoms with Gasteiger partial charge in [0, 0.05) is 23.2 Å². The minimum atomic E-state index is -1.21. The van der Waals surface area contributed by atoms with Gasteiger partial charge in [0.05, 0.1) is 0 Å². The van der Waals surface area contributed by atoms with Crippen molar-refractivity contribution in [3.05, 3.63) is 22.7 Å². The number of halogens is 1. The average molecular weight is 397 g/mol. The maximum Gasteiger partial charge on any atom is 0.451 e. The van der Waals surface area contributed by atoms with Gasteiger partial charge in [-0.2, -0.15) is 0 Å². The van der Waals surface area contributed by atoms with Gasteiger partial charge in [0.15, 0.2) is 11.5 Å². The number of unbranched alkanes of at least 4 members (excludes halogenated alkanes) is 1. The molecule has 0 aromatic heterocycles. The molecule has 0 amide bonds. The number of hydrogen-bond acceptors (Lipinski definition) is 6. The molecule has 1 atom stereocenters. The van der Waals surface area contributed by atoms with E-state index in [4.69, 9.17) is 36.9 Å². The highest BCUT2D eigenvalue weighted by atomic mass is 35.5. The second-order valence-electron chi connectivity index (χ2n) is 8.08. The summed E-state index contributed by atoms with van der Waals surface area (Å²) in [5.74, 6) is 1.97. The molecular weight excluding hydrogens is 366 g/mol. The Balaban J connectivity index is 1.47. The molecule has 2 aliphatic rings. The Morgan fingerprint density at radius 3 is 2.56 bits per heavy atom. The smallest absolute Gasteiger partial charge is 0.451 e. The summed E-state index contributed by atoms with van der Waals surface area (Å²) in [7, 11) is -1.21. The third-order valence-electron chi connectivity index (χ3n) is 5.88. The average Bonchev–Trinajstić information content (AvgIpc) is 3.06. The Hall–Kier alpha value is -0.985. The topological polar surface area (TPSA) is 88.2 Å². The molecule has 1 aromatic rings. The molecule has 2 aliphatic heterocycles. The molecule has 27 heavy (non-hydrogen) atoms. The summed E-state index contributed by atoms with van der Waals surface area (Å²) < 4.78 is 10.8. The standard InChI is InChI=1S/C19H30BClN2O4/c1-19(22,6-2-3-7-20(24)25)15-4-8-23(9-5-15)12-14-10-17-18(11-16(14)21)27-13-26-17/h10-11,15,24-25H,2-9,12-13,22H2,1H3. The number of piperidine rings is 1. The van der Waals surface area contributed by atoms with Gasteiger partial charge in [0.2, 0.25) is 6.79 Å². The highest BCUT2D eigenvalue weighted by Crippen LogP contribution is 2.38. The molecule has 8 heteroatoms. The highest BCUT2D eigenvalue weighted by molar-refractivity contribution is 6.40. The number of likely N-dealkylation sites (tertiary alicyclic amines) is 1. The van der Waals surface area contributed by atoms with Crippen molar-refractivity contribution < 1.29 is 19.5 Å². The van der Waals surface area contributed by atoms with Crippen LogP contribution in [0.5, 0.6) is 11.5 Å². The van der Waals surface area contributed by atoms with Gasteiger partial charge in [-0.3, -0.25) is 4.90 Å². The van der Waals surface area contributed by atoms with Gasteiger partial charge in [-0.25, -0.2) is 0 Å². The van der Waals surface area contributed by atoms with Crippen molar-refractivity contribution in [1.82, 2.24) is 4.90 Å². The number of benzene rings is 1. The SMILES string of the molecule is CC(N)(CCCCB(O)O)C1CCN(Cc2cc3c(cc2Cl)OCO3)CC1. The fourth-order valence-corrected chi connectivity index (χ4v) is 4.32. The third kappa shape index (κ3) is 5.52. The highest BCUT2D eigenvalue weighted by Gasteiger charge is 2.33. The van der Waals surface area contributed by atoms with E-state index in [9.17, 15) is 0 Å². The van der Waals surface area contributed by atoms with Crippen molar-refractivity contribution in [3.8, 4) is 11.5 Å². The van der Waals surface area contributed by atoms with Crippen LogP contribution in [0.25, 0.3) is 0 Å². The number of fused-ring (bicyclic) bond motifs is 1. The largest absolute Gasteiger partial charge is 0.454 e. The number of nitrogens with two attached hydrogens (primary N) is 1. The molecule has 3 rings (SSSR count). The van der Waals surface area contributed by atoms with Gasteiger partial charge in [-0.15, -0.1) is 0 Å². The minimum absolute atomic E-state index is 0.205. The van der Waals surface area contributed by atoms with Gasteiger partial charge >= 0.3 is 7.12 Å². The number of nitrogens with zero attached hydrogens (tertiary/aromatic N) is 1. The molecule has 0 radical (unpaired) electrons. The van der Waals surface area contributed by atoms with Crippen LogP contribution in [0.3, 0.4) is 0 Å². The van der Waals surface area contributed by atoms with Crippen LogP contribution in [0, 0.1) is 5.92 Å². The molecule has 2 heterocycles. The molecular formula is C19H30BClN2O4. The van der Waals surface area contributed by atoms with E-state index in [1.807, 2.05) is 12.1 Å². The van der Waals surface area contributed by atoms with Crippen molar-refractivity contribution in [3.63, 3.8) is 0 Å². The monoisotopic (exact) mass is 396 g/mol. The van der Waals surface area contributed by atoms with Crippen molar-refractivity contribution in [2.45, 2.75) is 57.4 Å². The second kappa shape index (κ2) is 9.01. The number of hydrogen-bond donors (Lipinski definition) is 3. The van der Waals surface area contributed by atoms with E-state index in [2.05, 4.69) is 11.8 Å². The second-order valence-corrected chi connectivity index (χ2v) is 8.49. The van der Waals surface area contributed by atoms with E-state index in [1.54, 1.807) is 0 Å². The van der Waals surface area contributed by atoms with Gasteiger partial charge < -0.3 is 25.3 Å². The van der Waals surface area contributed by atoms with E-state index >= 15 is 0 Å². The Morgan fingerprint density at radius 1 is 1.22 bits per heavy atom. The lowest BCUT2D eigenvalue weighted by Gasteiger charge is -2.41. The van der Waals surface area contributed by atoms with E-state index < -0.39 is 7.12 Å². The van der Waals surface area contributed by atoms with Crippen LogP contribution >= 0.6 is 11.6 Å². The lowest BCUT2D eigenvalue weighted by Crippen LogP contribution is -2.49. The Kier molecular flexibility index (Phi) is 6.92. The lowest BCUT2D eigenvalue weighted by atomic mass is 9.75. The van der Waals surface area contributed by atoms with E-state index in [-0.39, 0.29) is 12.3 Å². The molecule has 0 bridgehead atoms. The molecule has 150 valence electrons. The molecule has 0 aliphatic carbocycles. The van der Waals surface area contributed by atoms with Crippen molar-refractivity contribution in [2.24, 2.45) is 11.7 Å². The third-order valence-corrected chi connectivity index (χ3v) is 6.24. The first kappa shape index (κ1) is 20.7. The van der Waals surface area contributed by atoms with E-state index in [0.29, 0.717) is 12.2 Å². The summed E-state index contributed by atoms with van der Waals surface area (Å²) in [6.45, 7) is 5.19. The molecule has 1 saturated heterocycles. The predicted molar refractivity (Wildman–Crippen MR) is 107 cm³/mol. The Labute approximate surface area is 166 Å². The number of rotatable bonds is 8. The molecule has 0 spiro atoms. The summed E-state index contributed by atoms with van der Waals surface area (Å²) in [4.78, 5) is 2.41. The van der Waals surface area contributed by atoms with Crippen LogP contribution < -0.4 is 15.2 Å². The first-order valence-corrected chi connectivity index (χ1v) is 10.2. The van der Waals surface area contributed by atoms with Crippen LogP contribution in [-0.4, -0.2) is 47.5 Å². The Morgan fingerprint density at radius 2 is 1.89 bits per heavy atom. The summed E-state index contributed by atoms with van der Waals surface area (Å²) >= 11 is 6.40. The quantitative estimate of drug-likeness (QED) is 0.462. The predicted octanol–water partition coefficient (Wildman–Crippen LogP) is 2.64. The van der Waals surface area contributed by atoms with E-state index in [1.165, 1.54) is 0 Å². The van der Waals surface area contributed by atoms with Crippen LogP contribution in [0.2, 0.25) is 11.3 Å². The van der Waals surface area contributed by atoms with Crippen LogP contribution in [0.4, 0.5) is 0 Å². The minimum Gasteiger partial charge on any atom is -0.454 e. The molecule has 6 nitrogen and oxygen atoms in total. The summed E-state index contributed by atoms with van der Waals surface area (Å²) in [6, 6.07) is 3.83. The van der Waals surface area contributed by atoms with Gasteiger partial charge in [-0.1, -0.05) is 24.4 Å². The van der Waals surface area contributed by atoms with Crippen molar-refractivity contribution >= 4 is 18.7 Å². The fourth-order valence-electron chi connectivity index (χ4n) is 4.11. The van der Waals surface area contributed by atoms with Crippen LogP contribution in [0.1, 0.15) is 44.6 Å². The zero-order chi connectivity index (χ0) is 19.4. The van der Waals surface area contributed by atoms with Gasteiger partial charge in [0.25, 0.3) is 0 Å². The van der Waals surface area contributed by atoms with Crippen LogP contribution in [0.15, 0.2) is 12.1 Å². The molecule has 1 unspecified atom stereocenters. The fraction of sp³-hybridized carbons (Fsp3) is 0.684. The molecule has 1 aromatic carbocycles. The Bertz CT molecular complexity index is 636. The molecule has 0 saturated carbocycles. The van der Waals surface area contributed by atoms with Crippen molar-refractivity contribution in [2.75, 3.05) is 19.9 Å². The van der Waals surface area contributed by atoms with Gasteiger partial charge in [0.1, 0.15) is 0 Å². The summed E-state index contributed by atoms with van der Waals surface area (Å²) in [5, 5.41) is 18.6. The summed E-state index contributed by atoms with van der Waals surface area (Å²) in [6.07, 6.45) is 5.20. The molecule has 1 fully saturated rings. The maximum absolute atomic E-state index is 8.95. The normalized spacial score (nSPS) is 19.9. The zero-order valence-electron chi connectivity index (χ0n) is 16.0. The lowest BCUT2D eigenvalue weighted by molar-refractivity contribution is 0.125. The summed E-state index contributed by atoms with van der Waals surface area (Å²) in [5.41, 5.74) is 7.46. The zero-order valence-corrected chi connectivity index (χ0v) is 16.7. The van der Waals surface area contributed by atoms with Crippen LogP contribution in [-0.2, 0) is 6.54 Å². The molecule has 4 N–H and O–H groups in total. The maximum atomic E-state index is 8.95. The first-order valence-electron chi connectivity index (χ1n) is 9.80. The van der Waals surface area contributed by atoms with Crippen molar-refractivity contribution in [1.29, 1.82) is 0 Å². The van der Waals surface area contributed by atoms with Gasteiger partial charge in [-0.05, 0) is 63.1 Å². The van der Waals surface area contributed by atoms with E-state index in [0.717, 1.165) is 73.8 Å².